The van der Waals surface area contributed by atoms with Crippen LogP contribution in [0.15, 0.2) is 10.9 Å². The van der Waals surface area contributed by atoms with E-state index < -0.39 is 0 Å². The summed E-state index contributed by atoms with van der Waals surface area (Å²) in [7, 11) is 0. The summed E-state index contributed by atoms with van der Waals surface area (Å²) >= 11 is 0. The van der Waals surface area contributed by atoms with E-state index in [1.165, 1.54) is 11.3 Å². The van der Waals surface area contributed by atoms with E-state index in [2.05, 4.69) is 13.8 Å². The lowest BCUT2D eigenvalue weighted by Crippen LogP contribution is -2.28. The van der Waals surface area contributed by atoms with Gasteiger partial charge in [0.25, 0.3) is 5.56 Å². The number of hydrogen-bond acceptors (Lipinski definition) is 2. The van der Waals surface area contributed by atoms with E-state index in [0.717, 1.165) is 25.8 Å². The summed E-state index contributed by atoms with van der Waals surface area (Å²) in [5, 5.41) is 9.19. The van der Waals surface area contributed by atoms with Crippen molar-refractivity contribution in [3.8, 4) is 0 Å². The molecule has 16 heavy (non-hydrogen) atoms. The van der Waals surface area contributed by atoms with Gasteiger partial charge >= 0.3 is 0 Å². The van der Waals surface area contributed by atoms with Gasteiger partial charge in [-0.25, -0.2) is 0 Å². The number of aliphatic hydroxyl groups is 1. The van der Waals surface area contributed by atoms with Crippen molar-refractivity contribution < 1.29 is 5.11 Å². The second kappa shape index (κ2) is 4.42. The second-order valence-corrected chi connectivity index (χ2v) is 4.96. The van der Waals surface area contributed by atoms with Gasteiger partial charge in [0.2, 0.25) is 0 Å². The Morgan fingerprint density at radius 1 is 1.44 bits per heavy atom. The highest BCUT2D eigenvalue weighted by Crippen LogP contribution is 2.22. The molecule has 1 aliphatic carbocycles. The van der Waals surface area contributed by atoms with Gasteiger partial charge in [0, 0.05) is 17.8 Å². The predicted molar refractivity (Wildman–Crippen MR) is 63.5 cm³/mol. The van der Waals surface area contributed by atoms with Crippen molar-refractivity contribution >= 4 is 0 Å². The van der Waals surface area contributed by atoms with E-state index in [9.17, 15) is 9.90 Å². The molecule has 1 aromatic heterocycles. The lowest BCUT2D eigenvalue weighted by molar-refractivity contribution is 0.278. The van der Waals surface area contributed by atoms with E-state index in [-0.39, 0.29) is 12.2 Å². The highest BCUT2D eigenvalue weighted by atomic mass is 16.3. The number of aromatic nitrogens is 1. The molecule has 0 radical (unpaired) electrons. The summed E-state index contributed by atoms with van der Waals surface area (Å²) in [6.45, 7) is 4.83. The van der Waals surface area contributed by atoms with Gasteiger partial charge in [0.05, 0.1) is 6.61 Å². The molecule has 88 valence electrons. The van der Waals surface area contributed by atoms with Crippen molar-refractivity contribution in [2.24, 2.45) is 5.92 Å². The van der Waals surface area contributed by atoms with Crippen molar-refractivity contribution in [3.63, 3.8) is 0 Å². The third-order valence-corrected chi connectivity index (χ3v) is 3.14. The smallest absolute Gasteiger partial charge is 0.256 e. The Bertz CT molecular complexity index is 446. The molecule has 1 N–H and O–H groups in total. The monoisotopic (exact) mass is 221 g/mol. The summed E-state index contributed by atoms with van der Waals surface area (Å²) in [5.41, 5.74) is 2.98. The molecule has 0 saturated heterocycles. The zero-order chi connectivity index (χ0) is 11.7. The molecule has 0 atom stereocenters. The average molecular weight is 221 g/mol. The number of nitrogens with zero attached hydrogens (tertiary/aromatic N) is 1. The zero-order valence-corrected chi connectivity index (χ0v) is 9.99. The SMILES string of the molecule is CC(C)Cn1c2c(cc(CO)c1=O)CCC2. The maximum absolute atomic E-state index is 12.1. The Balaban J connectivity index is 2.55. The van der Waals surface area contributed by atoms with Gasteiger partial charge in [-0.15, -0.1) is 0 Å². The fourth-order valence-corrected chi connectivity index (χ4v) is 2.45. The average Bonchev–Trinajstić information content (AvgIpc) is 2.69. The molecular weight excluding hydrogens is 202 g/mol. The molecule has 0 saturated carbocycles. The lowest BCUT2D eigenvalue weighted by Gasteiger charge is -2.15. The van der Waals surface area contributed by atoms with Gasteiger partial charge in [-0.1, -0.05) is 13.8 Å². The van der Waals surface area contributed by atoms with Crippen LogP contribution in [0.4, 0.5) is 0 Å². The Hall–Kier alpha value is -1.09. The standard InChI is InChI=1S/C13H19NO2/c1-9(2)7-14-12-5-3-4-10(12)6-11(8-15)13(14)16/h6,9,15H,3-5,7-8H2,1-2H3. The first-order chi connectivity index (χ1) is 7.63. The van der Waals surface area contributed by atoms with Crippen LogP contribution < -0.4 is 5.56 Å². The van der Waals surface area contributed by atoms with Crippen LogP contribution in [-0.4, -0.2) is 9.67 Å². The van der Waals surface area contributed by atoms with E-state index in [4.69, 9.17) is 0 Å². The molecule has 0 bridgehead atoms. The molecular formula is C13H19NO2. The summed E-state index contributed by atoms with van der Waals surface area (Å²) in [6, 6.07) is 1.89. The van der Waals surface area contributed by atoms with Crippen molar-refractivity contribution in [1.29, 1.82) is 0 Å². The number of aliphatic hydroxyl groups excluding tert-OH is 1. The predicted octanol–water partition coefficient (Wildman–Crippen LogP) is 1.49. The minimum absolute atomic E-state index is 0.00292. The van der Waals surface area contributed by atoms with Crippen molar-refractivity contribution in [2.75, 3.05) is 0 Å². The van der Waals surface area contributed by atoms with E-state index in [0.29, 0.717) is 11.5 Å². The van der Waals surface area contributed by atoms with Crippen LogP contribution >= 0.6 is 0 Å². The number of pyridine rings is 1. The van der Waals surface area contributed by atoms with Gasteiger partial charge < -0.3 is 9.67 Å². The fourth-order valence-electron chi connectivity index (χ4n) is 2.45. The van der Waals surface area contributed by atoms with Gasteiger partial charge in [-0.3, -0.25) is 4.79 Å². The van der Waals surface area contributed by atoms with Crippen LogP contribution in [0.2, 0.25) is 0 Å². The van der Waals surface area contributed by atoms with Crippen molar-refractivity contribution in [3.05, 3.63) is 33.2 Å². The van der Waals surface area contributed by atoms with Crippen LogP contribution in [0.5, 0.6) is 0 Å². The molecule has 0 amide bonds. The van der Waals surface area contributed by atoms with Crippen molar-refractivity contribution in [1.82, 2.24) is 4.57 Å². The second-order valence-electron chi connectivity index (χ2n) is 4.96. The van der Waals surface area contributed by atoms with Crippen LogP contribution in [-0.2, 0) is 26.0 Å². The third kappa shape index (κ3) is 1.92. The van der Waals surface area contributed by atoms with Gasteiger partial charge in [0.1, 0.15) is 0 Å². The van der Waals surface area contributed by atoms with Crippen LogP contribution in [0.3, 0.4) is 0 Å². The molecule has 0 fully saturated rings. The lowest BCUT2D eigenvalue weighted by atomic mass is 10.1. The molecule has 3 heteroatoms. The first kappa shape index (κ1) is 11.4. The highest BCUT2D eigenvalue weighted by Gasteiger charge is 2.18. The Kier molecular flexibility index (Phi) is 3.15. The molecule has 0 unspecified atom stereocenters. The fraction of sp³-hybridized carbons (Fsp3) is 0.615. The highest BCUT2D eigenvalue weighted by molar-refractivity contribution is 5.30. The first-order valence-electron chi connectivity index (χ1n) is 5.98. The number of aryl methyl sites for hydroxylation is 1. The van der Waals surface area contributed by atoms with Gasteiger partial charge in [0.15, 0.2) is 0 Å². The normalized spacial score (nSPS) is 14.5. The first-order valence-corrected chi connectivity index (χ1v) is 5.98. The van der Waals surface area contributed by atoms with Crippen LogP contribution in [0, 0.1) is 5.92 Å². The number of rotatable bonds is 3. The number of fused-ring (bicyclic) bond motifs is 1. The van der Waals surface area contributed by atoms with E-state index in [1.807, 2.05) is 10.6 Å². The van der Waals surface area contributed by atoms with E-state index >= 15 is 0 Å². The maximum Gasteiger partial charge on any atom is 0.256 e. The minimum atomic E-state index is -0.149. The molecule has 1 aliphatic rings. The maximum atomic E-state index is 12.1. The molecule has 1 aromatic rings. The van der Waals surface area contributed by atoms with Crippen LogP contribution in [0.25, 0.3) is 0 Å². The molecule has 2 rings (SSSR count). The molecule has 0 spiro atoms. The molecule has 0 aromatic carbocycles. The summed E-state index contributed by atoms with van der Waals surface area (Å²) in [6.07, 6.45) is 3.17. The Labute approximate surface area is 95.7 Å². The van der Waals surface area contributed by atoms with Crippen LogP contribution in [0.1, 0.15) is 37.1 Å². The summed E-state index contributed by atoms with van der Waals surface area (Å²) < 4.78 is 1.87. The van der Waals surface area contributed by atoms with Gasteiger partial charge in [-0.05, 0) is 36.8 Å². The Morgan fingerprint density at radius 3 is 2.81 bits per heavy atom. The van der Waals surface area contributed by atoms with Crippen molar-refractivity contribution in [2.45, 2.75) is 46.3 Å². The third-order valence-electron chi connectivity index (χ3n) is 3.14. The summed E-state index contributed by atoms with van der Waals surface area (Å²) in [4.78, 5) is 12.1. The largest absolute Gasteiger partial charge is 0.391 e. The molecule has 3 nitrogen and oxygen atoms in total. The Morgan fingerprint density at radius 2 is 2.19 bits per heavy atom. The summed E-state index contributed by atoms with van der Waals surface area (Å²) in [5.74, 6) is 0.455. The zero-order valence-electron chi connectivity index (χ0n) is 9.99. The number of hydrogen-bond donors (Lipinski definition) is 1. The molecule has 0 aliphatic heterocycles. The molecule has 1 heterocycles. The minimum Gasteiger partial charge on any atom is -0.391 e. The van der Waals surface area contributed by atoms with E-state index in [1.54, 1.807) is 0 Å². The quantitative estimate of drug-likeness (QED) is 0.840. The topological polar surface area (TPSA) is 42.2 Å². The van der Waals surface area contributed by atoms with Gasteiger partial charge in [-0.2, -0.15) is 0 Å².